The Labute approximate surface area is 121 Å². The minimum absolute atomic E-state index is 0.0246. The second-order valence-corrected chi connectivity index (χ2v) is 4.86. The fourth-order valence-corrected chi connectivity index (χ4v) is 2.42. The number of halogens is 3. The van der Waals surface area contributed by atoms with E-state index in [0.717, 1.165) is 11.0 Å². The standard InChI is InChI=1S/C11H12F3N5O3/c12-11(13,14)8-7-9(15)16-3-17-10(7)19(18-8)6-1-4(21)5(2-20)22-6/h3-6,20-21H,1-2H2,(H2,15,16,17)/t4-,5+,6+/m0/s1. The predicted molar refractivity (Wildman–Crippen MR) is 66.4 cm³/mol. The normalized spacial score (nSPS) is 26.0. The zero-order valence-electron chi connectivity index (χ0n) is 11.0. The largest absolute Gasteiger partial charge is 0.435 e. The second kappa shape index (κ2) is 5.04. The van der Waals surface area contributed by atoms with Gasteiger partial charge in [-0.25, -0.2) is 14.6 Å². The molecule has 8 nitrogen and oxygen atoms in total. The summed E-state index contributed by atoms with van der Waals surface area (Å²) in [6.07, 6.45) is -6.63. The van der Waals surface area contributed by atoms with Crippen molar-refractivity contribution in [3.8, 4) is 0 Å². The third kappa shape index (κ3) is 2.26. The van der Waals surface area contributed by atoms with Crippen molar-refractivity contribution in [3.05, 3.63) is 12.0 Å². The van der Waals surface area contributed by atoms with E-state index in [4.69, 9.17) is 15.6 Å². The zero-order chi connectivity index (χ0) is 16.1. The molecule has 120 valence electrons. The van der Waals surface area contributed by atoms with Gasteiger partial charge in [-0.05, 0) is 0 Å². The van der Waals surface area contributed by atoms with E-state index in [1.807, 2.05) is 0 Å². The monoisotopic (exact) mass is 319 g/mol. The Kier molecular flexibility index (Phi) is 3.42. The van der Waals surface area contributed by atoms with Crippen LogP contribution in [0.15, 0.2) is 6.33 Å². The molecule has 0 bridgehead atoms. The van der Waals surface area contributed by atoms with Gasteiger partial charge in [-0.2, -0.15) is 18.3 Å². The molecule has 4 N–H and O–H groups in total. The molecule has 0 aromatic carbocycles. The third-order valence-electron chi connectivity index (χ3n) is 3.44. The highest BCUT2D eigenvalue weighted by atomic mass is 19.4. The summed E-state index contributed by atoms with van der Waals surface area (Å²) >= 11 is 0. The van der Waals surface area contributed by atoms with Gasteiger partial charge in [0.05, 0.1) is 18.1 Å². The molecule has 22 heavy (non-hydrogen) atoms. The van der Waals surface area contributed by atoms with Crippen molar-refractivity contribution in [1.82, 2.24) is 19.7 Å². The van der Waals surface area contributed by atoms with E-state index in [0.29, 0.717) is 0 Å². The zero-order valence-corrected chi connectivity index (χ0v) is 11.0. The van der Waals surface area contributed by atoms with Gasteiger partial charge in [0.25, 0.3) is 0 Å². The van der Waals surface area contributed by atoms with Gasteiger partial charge >= 0.3 is 6.18 Å². The molecule has 3 rings (SSSR count). The molecule has 0 unspecified atom stereocenters. The topological polar surface area (TPSA) is 119 Å². The van der Waals surface area contributed by atoms with E-state index in [1.165, 1.54) is 0 Å². The lowest BCUT2D eigenvalue weighted by atomic mass is 10.2. The summed E-state index contributed by atoms with van der Waals surface area (Å²) in [6, 6.07) is 0. The fraction of sp³-hybridized carbons (Fsp3) is 0.545. The van der Waals surface area contributed by atoms with Gasteiger partial charge in [-0.3, -0.25) is 0 Å². The molecule has 2 aromatic heterocycles. The van der Waals surface area contributed by atoms with Crippen LogP contribution in [0.3, 0.4) is 0 Å². The molecule has 1 fully saturated rings. The average molecular weight is 319 g/mol. The maximum atomic E-state index is 13.1. The Morgan fingerprint density at radius 1 is 1.41 bits per heavy atom. The van der Waals surface area contributed by atoms with Gasteiger partial charge in [0.1, 0.15) is 18.2 Å². The number of rotatable bonds is 2. The minimum atomic E-state index is -4.74. The molecule has 11 heteroatoms. The number of nitrogens with two attached hydrogens (primary N) is 1. The van der Waals surface area contributed by atoms with Gasteiger partial charge < -0.3 is 20.7 Å². The number of ether oxygens (including phenoxy) is 1. The lowest BCUT2D eigenvalue weighted by molar-refractivity contribution is -0.141. The van der Waals surface area contributed by atoms with Gasteiger partial charge in [-0.15, -0.1) is 0 Å². The summed E-state index contributed by atoms with van der Waals surface area (Å²) in [6.45, 7) is -0.458. The minimum Gasteiger partial charge on any atom is -0.394 e. The van der Waals surface area contributed by atoms with Crippen molar-refractivity contribution in [3.63, 3.8) is 0 Å². The number of anilines is 1. The summed E-state index contributed by atoms with van der Waals surface area (Å²) < 4.78 is 45.5. The third-order valence-corrected chi connectivity index (χ3v) is 3.44. The number of hydrogen-bond acceptors (Lipinski definition) is 7. The highest BCUT2D eigenvalue weighted by molar-refractivity contribution is 5.88. The summed E-state index contributed by atoms with van der Waals surface area (Å²) in [7, 11) is 0. The molecular weight excluding hydrogens is 307 g/mol. The smallest absolute Gasteiger partial charge is 0.394 e. The molecule has 1 saturated heterocycles. The SMILES string of the molecule is Nc1ncnc2c1c(C(F)(F)F)nn2[C@H]1C[C@H](O)[C@@H](CO)O1. The summed E-state index contributed by atoms with van der Waals surface area (Å²) in [5, 5.41) is 21.8. The Hall–Kier alpha value is -1.98. The van der Waals surface area contributed by atoms with E-state index in [-0.39, 0.29) is 17.9 Å². The molecular formula is C11H12F3N5O3. The summed E-state index contributed by atoms with van der Waals surface area (Å²) in [5.74, 6) is -0.346. The predicted octanol–water partition coefficient (Wildman–Crippen LogP) is 0.0680. The van der Waals surface area contributed by atoms with Crippen LogP contribution in [0.4, 0.5) is 19.0 Å². The van der Waals surface area contributed by atoms with Gasteiger partial charge in [-0.1, -0.05) is 0 Å². The summed E-state index contributed by atoms with van der Waals surface area (Å²) in [5.41, 5.74) is 4.15. The molecule has 0 saturated carbocycles. The molecule has 3 atom stereocenters. The molecule has 0 amide bonds. The molecule has 0 spiro atoms. The van der Waals surface area contributed by atoms with Crippen molar-refractivity contribution < 1.29 is 28.1 Å². The van der Waals surface area contributed by atoms with E-state index in [2.05, 4.69) is 15.1 Å². The van der Waals surface area contributed by atoms with E-state index < -0.39 is 42.3 Å². The quantitative estimate of drug-likeness (QED) is 0.716. The van der Waals surface area contributed by atoms with E-state index >= 15 is 0 Å². The van der Waals surface area contributed by atoms with Crippen molar-refractivity contribution >= 4 is 16.9 Å². The fourth-order valence-electron chi connectivity index (χ4n) is 2.42. The highest BCUT2D eigenvalue weighted by Gasteiger charge is 2.42. The summed E-state index contributed by atoms with van der Waals surface area (Å²) in [4.78, 5) is 7.33. The van der Waals surface area contributed by atoms with Crippen LogP contribution in [0.2, 0.25) is 0 Å². The maximum absolute atomic E-state index is 13.1. The van der Waals surface area contributed by atoms with Crippen LogP contribution < -0.4 is 5.73 Å². The maximum Gasteiger partial charge on any atom is 0.435 e. The highest BCUT2D eigenvalue weighted by Crippen LogP contribution is 2.38. The average Bonchev–Trinajstić information content (AvgIpc) is 2.99. The molecule has 1 aliphatic heterocycles. The molecule has 0 radical (unpaired) electrons. The van der Waals surface area contributed by atoms with Crippen molar-refractivity contribution in [2.75, 3.05) is 12.3 Å². The van der Waals surface area contributed by atoms with E-state index in [9.17, 15) is 18.3 Å². The number of hydrogen-bond donors (Lipinski definition) is 3. The molecule has 2 aromatic rings. The Bertz CT molecular complexity index is 704. The van der Waals surface area contributed by atoms with Crippen LogP contribution in [-0.2, 0) is 10.9 Å². The van der Waals surface area contributed by atoms with Crippen molar-refractivity contribution in [1.29, 1.82) is 0 Å². The first-order chi connectivity index (χ1) is 10.3. The Balaban J connectivity index is 2.14. The van der Waals surface area contributed by atoms with Crippen LogP contribution >= 0.6 is 0 Å². The van der Waals surface area contributed by atoms with Crippen LogP contribution in [0.5, 0.6) is 0 Å². The molecule has 3 heterocycles. The second-order valence-electron chi connectivity index (χ2n) is 4.86. The van der Waals surface area contributed by atoms with Crippen molar-refractivity contribution in [2.45, 2.75) is 31.0 Å². The van der Waals surface area contributed by atoms with Crippen LogP contribution in [0.1, 0.15) is 18.3 Å². The number of aliphatic hydroxyl groups excluding tert-OH is 2. The lowest BCUT2D eigenvalue weighted by Crippen LogP contribution is -2.24. The van der Waals surface area contributed by atoms with Crippen LogP contribution in [0.25, 0.3) is 11.0 Å². The number of nitrogens with zero attached hydrogens (tertiary/aromatic N) is 4. The van der Waals surface area contributed by atoms with Gasteiger partial charge in [0, 0.05) is 6.42 Å². The van der Waals surface area contributed by atoms with Crippen molar-refractivity contribution in [2.24, 2.45) is 0 Å². The van der Waals surface area contributed by atoms with Gasteiger partial charge in [0.2, 0.25) is 0 Å². The Morgan fingerprint density at radius 2 is 2.14 bits per heavy atom. The number of alkyl halides is 3. The number of nitrogen functional groups attached to an aromatic ring is 1. The first kappa shape index (κ1) is 14.9. The Morgan fingerprint density at radius 3 is 2.73 bits per heavy atom. The number of aliphatic hydroxyl groups is 2. The molecule has 0 aliphatic carbocycles. The van der Waals surface area contributed by atoms with Crippen LogP contribution in [-0.4, -0.2) is 48.8 Å². The lowest BCUT2D eigenvalue weighted by Gasteiger charge is -2.12. The molecule has 1 aliphatic rings. The first-order valence-electron chi connectivity index (χ1n) is 6.33. The van der Waals surface area contributed by atoms with Crippen LogP contribution in [0, 0.1) is 0 Å². The first-order valence-corrected chi connectivity index (χ1v) is 6.33. The number of fused-ring (bicyclic) bond motifs is 1. The number of aromatic nitrogens is 4. The van der Waals surface area contributed by atoms with E-state index in [1.54, 1.807) is 0 Å². The van der Waals surface area contributed by atoms with Gasteiger partial charge in [0.15, 0.2) is 17.6 Å².